The second-order valence-corrected chi connectivity index (χ2v) is 8.30. The molecule has 10 heteroatoms. The fourth-order valence-corrected chi connectivity index (χ4v) is 4.04. The number of esters is 1. The second-order valence-electron chi connectivity index (χ2n) is 8.30. The number of ether oxygens (including phenoxy) is 1. The molecule has 0 radical (unpaired) electrons. The van der Waals surface area contributed by atoms with Crippen LogP contribution in [0.15, 0.2) is 30.6 Å². The smallest absolute Gasteiger partial charge is 0.343 e. The van der Waals surface area contributed by atoms with Gasteiger partial charge in [-0.2, -0.15) is 10.1 Å². The maximum absolute atomic E-state index is 12.6. The molecular weight excluding hydrogens is 422 g/mol. The lowest BCUT2D eigenvalue weighted by Gasteiger charge is -2.29. The Balaban J connectivity index is 1.54. The zero-order valence-electron chi connectivity index (χ0n) is 18.8. The molecule has 1 aliphatic heterocycles. The Morgan fingerprint density at radius 1 is 1.24 bits per heavy atom. The van der Waals surface area contributed by atoms with Gasteiger partial charge in [0.2, 0.25) is 11.9 Å². The molecule has 33 heavy (non-hydrogen) atoms. The van der Waals surface area contributed by atoms with Crippen molar-refractivity contribution >= 4 is 35.0 Å². The third-order valence-corrected chi connectivity index (χ3v) is 5.71. The number of hydrogen-bond acceptors (Lipinski definition) is 8. The molecule has 10 nitrogen and oxygen atoms in total. The first-order valence-corrected chi connectivity index (χ1v) is 10.9. The number of nitrogens with one attached hydrogen (secondary N) is 2. The van der Waals surface area contributed by atoms with Gasteiger partial charge in [-0.1, -0.05) is 12.1 Å². The normalized spacial score (nSPS) is 14.3. The van der Waals surface area contributed by atoms with Gasteiger partial charge in [-0.25, -0.2) is 9.78 Å². The Hall–Kier alpha value is -3.95. The Labute approximate surface area is 191 Å². The number of aromatic nitrogens is 4. The van der Waals surface area contributed by atoms with E-state index in [1.54, 1.807) is 6.92 Å². The zero-order valence-corrected chi connectivity index (χ0v) is 18.8. The van der Waals surface area contributed by atoms with E-state index in [-0.39, 0.29) is 35.8 Å². The summed E-state index contributed by atoms with van der Waals surface area (Å²) < 4.78 is 7.00. The van der Waals surface area contributed by atoms with Crippen LogP contribution in [-0.2, 0) is 23.1 Å². The molecule has 5 rings (SSSR count). The molecule has 0 spiro atoms. The van der Waals surface area contributed by atoms with Crippen molar-refractivity contribution in [1.82, 2.24) is 19.7 Å². The van der Waals surface area contributed by atoms with Crippen LogP contribution in [0.4, 0.5) is 23.1 Å². The van der Waals surface area contributed by atoms with E-state index in [9.17, 15) is 9.59 Å². The highest BCUT2D eigenvalue weighted by molar-refractivity contribution is 5.98. The van der Waals surface area contributed by atoms with Gasteiger partial charge in [-0.15, -0.1) is 0 Å². The monoisotopic (exact) mass is 447 g/mol. The lowest BCUT2D eigenvalue weighted by molar-refractivity contribution is -0.117. The number of anilines is 4. The van der Waals surface area contributed by atoms with Gasteiger partial charge in [-0.05, 0) is 25.8 Å². The predicted molar refractivity (Wildman–Crippen MR) is 123 cm³/mol. The van der Waals surface area contributed by atoms with Crippen molar-refractivity contribution in [2.45, 2.75) is 26.3 Å². The van der Waals surface area contributed by atoms with Crippen LogP contribution < -0.4 is 15.5 Å². The van der Waals surface area contributed by atoms with Crippen molar-refractivity contribution in [3.63, 3.8) is 0 Å². The molecule has 1 amide bonds. The second kappa shape index (κ2) is 8.19. The average molecular weight is 447 g/mol. The number of hydrogen-bond donors (Lipinski definition) is 2. The largest absolute Gasteiger partial charge is 0.462 e. The molecule has 1 aliphatic carbocycles. The molecule has 0 saturated heterocycles. The minimum Gasteiger partial charge on any atom is -0.462 e. The molecule has 1 aromatic carbocycles. The van der Waals surface area contributed by atoms with Crippen molar-refractivity contribution in [3.8, 4) is 11.3 Å². The van der Waals surface area contributed by atoms with Gasteiger partial charge in [0.25, 0.3) is 0 Å². The maximum Gasteiger partial charge on any atom is 0.343 e. The molecule has 0 unspecified atom stereocenters. The van der Waals surface area contributed by atoms with Crippen molar-refractivity contribution in [3.05, 3.63) is 41.7 Å². The third kappa shape index (κ3) is 3.99. The van der Waals surface area contributed by atoms with E-state index < -0.39 is 5.97 Å². The number of carbonyl (C=O) groups excluding carboxylic acids is 2. The van der Waals surface area contributed by atoms with Gasteiger partial charge in [0, 0.05) is 50.1 Å². The van der Waals surface area contributed by atoms with Gasteiger partial charge < -0.3 is 15.0 Å². The van der Waals surface area contributed by atoms with Gasteiger partial charge in [-0.3, -0.25) is 14.8 Å². The molecule has 2 aromatic heterocycles. The Bertz CT molecular complexity index is 1250. The highest BCUT2D eigenvalue weighted by atomic mass is 16.5. The number of rotatable bonds is 6. The summed E-state index contributed by atoms with van der Waals surface area (Å²) in [5.74, 6) is -0.220. The number of para-hydroxylation sites is 1. The summed E-state index contributed by atoms with van der Waals surface area (Å²) in [6.45, 7) is 2.67. The van der Waals surface area contributed by atoms with Crippen LogP contribution in [-0.4, -0.2) is 45.3 Å². The predicted octanol–water partition coefficient (Wildman–Crippen LogP) is 3.10. The van der Waals surface area contributed by atoms with E-state index >= 15 is 0 Å². The van der Waals surface area contributed by atoms with E-state index in [1.165, 1.54) is 6.20 Å². The summed E-state index contributed by atoms with van der Waals surface area (Å²) in [5, 5.41) is 10.7. The first-order chi connectivity index (χ1) is 15.9. The van der Waals surface area contributed by atoms with Crippen LogP contribution in [0.3, 0.4) is 0 Å². The number of benzene rings is 1. The molecule has 1 fully saturated rings. The number of amides is 1. The Morgan fingerprint density at radius 3 is 2.82 bits per heavy atom. The van der Waals surface area contributed by atoms with E-state index in [1.807, 2.05) is 43.2 Å². The highest BCUT2D eigenvalue weighted by Crippen LogP contribution is 2.43. The SMILES string of the molecule is CCOC(=O)c1cnc(NC(=O)C2CC2)nc1Nc1cccc2c1N(C)Cc1cn(C)nc1-2. The maximum atomic E-state index is 12.6. The van der Waals surface area contributed by atoms with Gasteiger partial charge in [0.15, 0.2) is 5.82 Å². The van der Waals surface area contributed by atoms with Crippen LogP contribution in [0, 0.1) is 5.92 Å². The third-order valence-electron chi connectivity index (χ3n) is 5.71. The Kier molecular flexibility index (Phi) is 5.20. The van der Waals surface area contributed by atoms with Gasteiger partial charge >= 0.3 is 5.97 Å². The topological polar surface area (TPSA) is 114 Å². The number of fused-ring (bicyclic) bond motifs is 3. The standard InChI is InChI=1S/C23H25N7O3/c1-4-33-22(32)16-10-24-23(27-21(31)13-8-9-13)26-20(16)25-17-7-5-6-15-18-14(12-30(3)28-18)11-29(2)19(15)17/h5-7,10,12-13H,4,8-9,11H2,1-3H3,(H2,24,25,26,27,31). The first kappa shape index (κ1) is 20.9. The van der Waals surface area contributed by atoms with Gasteiger partial charge in [0.05, 0.1) is 23.7 Å². The van der Waals surface area contributed by atoms with Crippen molar-refractivity contribution in [2.75, 3.05) is 29.2 Å². The summed E-state index contributed by atoms with van der Waals surface area (Å²) in [5.41, 5.74) is 4.95. The molecular formula is C23H25N7O3. The molecule has 1 saturated carbocycles. The van der Waals surface area contributed by atoms with Crippen molar-refractivity contribution in [2.24, 2.45) is 13.0 Å². The van der Waals surface area contributed by atoms with Crippen LogP contribution in [0.2, 0.25) is 0 Å². The minimum atomic E-state index is -0.537. The quantitative estimate of drug-likeness (QED) is 0.554. The molecule has 170 valence electrons. The Morgan fingerprint density at radius 2 is 2.06 bits per heavy atom. The molecule has 0 bridgehead atoms. The van der Waals surface area contributed by atoms with E-state index in [0.717, 1.165) is 41.0 Å². The molecule has 3 aromatic rings. The highest BCUT2D eigenvalue weighted by Gasteiger charge is 2.31. The van der Waals surface area contributed by atoms with Gasteiger partial charge in [0.1, 0.15) is 5.56 Å². The van der Waals surface area contributed by atoms with Crippen LogP contribution in [0.1, 0.15) is 35.7 Å². The van der Waals surface area contributed by atoms with Crippen LogP contribution in [0.5, 0.6) is 0 Å². The van der Waals surface area contributed by atoms with Crippen molar-refractivity contribution < 1.29 is 14.3 Å². The van der Waals surface area contributed by atoms with E-state index in [2.05, 4.69) is 30.6 Å². The molecule has 0 atom stereocenters. The molecule has 2 N–H and O–H groups in total. The number of aryl methyl sites for hydroxylation is 1. The number of carbonyl (C=O) groups is 2. The van der Waals surface area contributed by atoms with Crippen LogP contribution in [0.25, 0.3) is 11.3 Å². The van der Waals surface area contributed by atoms with Crippen molar-refractivity contribution in [1.29, 1.82) is 0 Å². The average Bonchev–Trinajstić information content (AvgIpc) is 3.56. The minimum absolute atomic E-state index is 0.0112. The van der Waals surface area contributed by atoms with Crippen LogP contribution >= 0.6 is 0 Å². The summed E-state index contributed by atoms with van der Waals surface area (Å²) in [7, 11) is 3.91. The number of nitrogens with zero attached hydrogens (tertiary/aromatic N) is 5. The lowest BCUT2D eigenvalue weighted by Crippen LogP contribution is -2.22. The summed E-state index contributed by atoms with van der Waals surface area (Å²) in [6, 6.07) is 5.87. The van der Waals surface area contributed by atoms with E-state index in [4.69, 9.17) is 4.74 Å². The molecule has 2 aliphatic rings. The molecule has 3 heterocycles. The first-order valence-electron chi connectivity index (χ1n) is 10.9. The van der Waals surface area contributed by atoms with E-state index in [0.29, 0.717) is 6.54 Å². The summed E-state index contributed by atoms with van der Waals surface area (Å²) >= 11 is 0. The lowest BCUT2D eigenvalue weighted by atomic mass is 9.99. The zero-order chi connectivity index (χ0) is 23.1. The fraction of sp³-hybridized carbons (Fsp3) is 0.348. The summed E-state index contributed by atoms with van der Waals surface area (Å²) in [6.07, 6.45) is 5.14. The fourth-order valence-electron chi connectivity index (χ4n) is 4.04. The summed E-state index contributed by atoms with van der Waals surface area (Å²) in [4.78, 5) is 35.5.